The van der Waals surface area contributed by atoms with Crippen LogP contribution in [-0.2, 0) is 11.2 Å². The summed E-state index contributed by atoms with van der Waals surface area (Å²) in [5.74, 6) is 0.590. The standard InChI is InChI=1S/C13H18ClNO.ClH/c1-10-8-15-13(2,16-9-10)7-11-4-3-5-12(14)6-11;/h3-6,10,15H,7-9H2,1-2H3;1H. The summed E-state index contributed by atoms with van der Waals surface area (Å²) in [5.41, 5.74) is 0.953. The molecule has 1 saturated heterocycles. The van der Waals surface area contributed by atoms with E-state index < -0.39 is 0 Å². The van der Waals surface area contributed by atoms with Crippen LogP contribution in [0.25, 0.3) is 0 Å². The summed E-state index contributed by atoms with van der Waals surface area (Å²) < 4.78 is 5.87. The van der Waals surface area contributed by atoms with Gasteiger partial charge < -0.3 is 4.74 Å². The molecule has 2 unspecified atom stereocenters. The molecule has 1 fully saturated rings. The number of rotatable bonds is 2. The summed E-state index contributed by atoms with van der Waals surface area (Å²) in [6, 6.07) is 7.95. The lowest BCUT2D eigenvalue weighted by molar-refractivity contribution is -0.0997. The lowest BCUT2D eigenvalue weighted by Gasteiger charge is -2.38. The maximum Gasteiger partial charge on any atom is 0.120 e. The van der Waals surface area contributed by atoms with Gasteiger partial charge in [0.15, 0.2) is 0 Å². The molecule has 1 N–H and O–H groups in total. The van der Waals surface area contributed by atoms with Crippen molar-refractivity contribution in [3.05, 3.63) is 34.9 Å². The Hall–Kier alpha value is -0.280. The summed E-state index contributed by atoms with van der Waals surface area (Å²) >= 11 is 5.97. The van der Waals surface area contributed by atoms with E-state index in [1.165, 1.54) is 5.56 Å². The molecular weight excluding hydrogens is 257 g/mol. The smallest absolute Gasteiger partial charge is 0.120 e. The summed E-state index contributed by atoms with van der Waals surface area (Å²) in [5, 5.41) is 4.23. The molecule has 2 atom stereocenters. The van der Waals surface area contributed by atoms with Crippen molar-refractivity contribution in [2.75, 3.05) is 13.2 Å². The van der Waals surface area contributed by atoms with Crippen LogP contribution in [0, 0.1) is 5.92 Å². The fourth-order valence-electron chi connectivity index (χ4n) is 1.98. The Morgan fingerprint density at radius 2 is 2.29 bits per heavy atom. The van der Waals surface area contributed by atoms with Gasteiger partial charge in [0.1, 0.15) is 5.72 Å². The molecule has 1 aromatic carbocycles. The van der Waals surface area contributed by atoms with Crippen LogP contribution in [0.3, 0.4) is 0 Å². The highest BCUT2D eigenvalue weighted by Crippen LogP contribution is 2.21. The molecule has 0 radical (unpaired) electrons. The second-order valence-corrected chi connectivity index (χ2v) is 5.27. The predicted octanol–water partition coefficient (Wildman–Crippen LogP) is 3.28. The Morgan fingerprint density at radius 1 is 1.53 bits per heavy atom. The van der Waals surface area contributed by atoms with Crippen molar-refractivity contribution in [3.8, 4) is 0 Å². The third-order valence-corrected chi connectivity index (χ3v) is 3.18. The van der Waals surface area contributed by atoms with Gasteiger partial charge >= 0.3 is 0 Å². The van der Waals surface area contributed by atoms with Gasteiger partial charge in [-0.2, -0.15) is 0 Å². The largest absolute Gasteiger partial charge is 0.360 e. The maximum atomic E-state index is 5.97. The van der Waals surface area contributed by atoms with Crippen LogP contribution < -0.4 is 5.32 Å². The van der Waals surface area contributed by atoms with Crippen molar-refractivity contribution in [3.63, 3.8) is 0 Å². The molecule has 1 aromatic rings. The molecule has 0 saturated carbocycles. The second-order valence-electron chi connectivity index (χ2n) is 4.83. The number of ether oxygens (including phenoxy) is 1. The van der Waals surface area contributed by atoms with Gasteiger partial charge in [-0.3, -0.25) is 5.32 Å². The third kappa shape index (κ3) is 4.14. The normalized spacial score (nSPS) is 28.5. The van der Waals surface area contributed by atoms with Crippen molar-refractivity contribution in [2.45, 2.75) is 26.0 Å². The van der Waals surface area contributed by atoms with Gasteiger partial charge in [-0.1, -0.05) is 30.7 Å². The van der Waals surface area contributed by atoms with E-state index in [4.69, 9.17) is 16.3 Å². The van der Waals surface area contributed by atoms with Crippen LogP contribution >= 0.6 is 24.0 Å². The van der Waals surface area contributed by atoms with Crippen molar-refractivity contribution in [2.24, 2.45) is 5.92 Å². The Morgan fingerprint density at radius 3 is 2.88 bits per heavy atom. The van der Waals surface area contributed by atoms with Crippen LogP contribution in [0.5, 0.6) is 0 Å². The van der Waals surface area contributed by atoms with Crippen LogP contribution in [-0.4, -0.2) is 18.9 Å². The molecule has 2 nitrogen and oxygen atoms in total. The minimum absolute atomic E-state index is 0. The second kappa shape index (κ2) is 6.05. The summed E-state index contributed by atoms with van der Waals surface area (Å²) in [4.78, 5) is 0. The van der Waals surface area contributed by atoms with Crippen molar-refractivity contribution in [1.29, 1.82) is 0 Å². The predicted molar refractivity (Wildman–Crippen MR) is 73.9 cm³/mol. The third-order valence-electron chi connectivity index (χ3n) is 2.94. The quantitative estimate of drug-likeness (QED) is 0.895. The highest BCUT2D eigenvalue weighted by molar-refractivity contribution is 6.30. The zero-order valence-electron chi connectivity index (χ0n) is 10.2. The monoisotopic (exact) mass is 275 g/mol. The average Bonchev–Trinajstić information content (AvgIpc) is 2.23. The Kier molecular flexibility index (Phi) is 5.26. The summed E-state index contributed by atoms with van der Waals surface area (Å²) in [6.45, 7) is 6.12. The topological polar surface area (TPSA) is 21.3 Å². The van der Waals surface area contributed by atoms with E-state index in [1.54, 1.807) is 0 Å². The molecule has 0 aromatic heterocycles. The molecule has 0 spiro atoms. The highest BCUT2D eigenvalue weighted by Gasteiger charge is 2.29. The highest BCUT2D eigenvalue weighted by atomic mass is 35.5. The van der Waals surface area contributed by atoms with Crippen LogP contribution in [0.1, 0.15) is 19.4 Å². The van der Waals surface area contributed by atoms with E-state index in [9.17, 15) is 0 Å². The Balaban J connectivity index is 0.00000144. The average molecular weight is 276 g/mol. The molecule has 17 heavy (non-hydrogen) atoms. The number of hydrogen-bond acceptors (Lipinski definition) is 2. The molecule has 1 heterocycles. The first-order valence-corrected chi connectivity index (χ1v) is 6.09. The van der Waals surface area contributed by atoms with Gasteiger partial charge in [-0.15, -0.1) is 12.4 Å². The van der Waals surface area contributed by atoms with Gasteiger partial charge in [0.2, 0.25) is 0 Å². The minimum atomic E-state index is -0.253. The summed E-state index contributed by atoms with van der Waals surface area (Å²) in [7, 11) is 0. The molecule has 2 rings (SSSR count). The number of hydrogen-bond donors (Lipinski definition) is 1. The van der Waals surface area contributed by atoms with Gasteiger partial charge in [-0.05, 0) is 30.5 Å². The first kappa shape index (κ1) is 14.8. The molecule has 0 bridgehead atoms. The molecule has 1 aliphatic heterocycles. The Bertz CT molecular complexity index is 362. The first-order chi connectivity index (χ1) is 7.57. The van der Waals surface area contributed by atoms with E-state index >= 15 is 0 Å². The molecule has 0 aliphatic carbocycles. The molecule has 96 valence electrons. The van der Waals surface area contributed by atoms with Gasteiger partial charge in [0.05, 0.1) is 6.61 Å². The summed E-state index contributed by atoms with van der Waals surface area (Å²) in [6.07, 6.45) is 0.848. The fourth-order valence-corrected chi connectivity index (χ4v) is 2.19. The molecular formula is C13H19Cl2NO. The SMILES string of the molecule is CC1CNC(C)(Cc2cccc(Cl)c2)OC1.Cl. The van der Waals surface area contributed by atoms with E-state index in [1.807, 2.05) is 18.2 Å². The zero-order valence-corrected chi connectivity index (χ0v) is 11.8. The van der Waals surface area contributed by atoms with Gasteiger partial charge in [0, 0.05) is 18.0 Å². The molecule has 0 amide bonds. The number of halogens is 2. The van der Waals surface area contributed by atoms with E-state index in [-0.39, 0.29) is 18.1 Å². The zero-order chi connectivity index (χ0) is 11.6. The van der Waals surface area contributed by atoms with Gasteiger partial charge in [-0.25, -0.2) is 0 Å². The number of benzene rings is 1. The van der Waals surface area contributed by atoms with Crippen molar-refractivity contribution < 1.29 is 4.74 Å². The first-order valence-electron chi connectivity index (χ1n) is 5.71. The number of nitrogens with one attached hydrogen (secondary N) is 1. The van der Waals surface area contributed by atoms with Crippen LogP contribution in [0.15, 0.2) is 24.3 Å². The lowest BCUT2D eigenvalue weighted by Crippen LogP contribution is -2.53. The fraction of sp³-hybridized carbons (Fsp3) is 0.538. The minimum Gasteiger partial charge on any atom is -0.360 e. The Labute approximate surface area is 114 Å². The van der Waals surface area contributed by atoms with Crippen LogP contribution in [0.4, 0.5) is 0 Å². The van der Waals surface area contributed by atoms with Gasteiger partial charge in [0.25, 0.3) is 0 Å². The van der Waals surface area contributed by atoms with Crippen molar-refractivity contribution >= 4 is 24.0 Å². The van der Waals surface area contributed by atoms with E-state index in [2.05, 4.69) is 25.2 Å². The van der Waals surface area contributed by atoms with E-state index in [0.29, 0.717) is 5.92 Å². The van der Waals surface area contributed by atoms with Crippen LogP contribution in [0.2, 0.25) is 5.02 Å². The maximum absolute atomic E-state index is 5.97. The van der Waals surface area contributed by atoms with E-state index in [0.717, 1.165) is 24.6 Å². The molecule has 4 heteroatoms. The molecule has 1 aliphatic rings. The lowest BCUT2D eigenvalue weighted by atomic mass is 10.0. The van der Waals surface area contributed by atoms with Crippen molar-refractivity contribution in [1.82, 2.24) is 5.32 Å².